The molecule has 0 saturated heterocycles. The molecular weight excluding hydrogens is 122 g/mol. The number of hydrogen-bond acceptors (Lipinski definition) is 3. The molecule has 0 aliphatic carbocycles. The van der Waals surface area contributed by atoms with Crippen molar-refractivity contribution in [3.8, 4) is 12.1 Å². The Morgan fingerprint density at radius 1 is 1.00 bits per heavy atom. The van der Waals surface area contributed by atoms with E-state index in [1.807, 2.05) is 0 Å². The molecule has 6 heavy (non-hydrogen) atoms. The van der Waals surface area contributed by atoms with Crippen LogP contribution >= 0.6 is 0 Å². The number of rotatable bonds is 0. The van der Waals surface area contributed by atoms with Gasteiger partial charge in [-0.1, -0.05) is 0 Å². The van der Waals surface area contributed by atoms with Crippen molar-refractivity contribution in [2.75, 3.05) is 0 Å². The van der Waals surface area contributed by atoms with Crippen LogP contribution in [0.3, 0.4) is 0 Å². The molecular formula is C2H3FeN3+2. The molecule has 0 amide bonds. The monoisotopic (exact) mass is 125 g/mol. The topological polar surface area (TPSA) is 82.6 Å². The van der Waals surface area contributed by atoms with E-state index in [1.54, 1.807) is 0 Å². The fourth-order valence-electron chi connectivity index (χ4n) is 0. The minimum Gasteiger partial charge on any atom is -0.344 e. The van der Waals surface area contributed by atoms with Gasteiger partial charge >= 0.3 is 17.1 Å². The van der Waals surface area contributed by atoms with E-state index in [1.165, 1.54) is 12.1 Å². The maximum absolute atomic E-state index is 7.26. The van der Waals surface area contributed by atoms with Gasteiger partial charge in [0.25, 0.3) is 0 Å². The fraction of sp³-hybridized carbons (Fsp3) is 0. The van der Waals surface area contributed by atoms with Crippen molar-refractivity contribution in [1.82, 2.24) is 6.15 Å². The first kappa shape index (κ1) is 17.9. The van der Waals surface area contributed by atoms with Crippen molar-refractivity contribution in [1.29, 1.82) is 10.5 Å². The normalized spacial score (nSPS) is 1.67. The molecule has 0 spiro atoms. The van der Waals surface area contributed by atoms with Gasteiger partial charge in [0.15, 0.2) is 12.1 Å². The molecule has 4 heteroatoms. The molecule has 0 heterocycles. The van der Waals surface area contributed by atoms with Crippen LogP contribution in [-0.4, -0.2) is 0 Å². The third-order valence-electron chi connectivity index (χ3n) is 0.0500. The van der Waals surface area contributed by atoms with Gasteiger partial charge in [-0.2, -0.15) is 10.5 Å². The number of nitriles is 2. The summed E-state index contributed by atoms with van der Waals surface area (Å²) in [5.41, 5.74) is 0. The van der Waals surface area contributed by atoms with E-state index in [0.717, 1.165) is 0 Å². The molecule has 3 nitrogen and oxygen atoms in total. The van der Waals surface area contributed by atoms with Crippen LogP contribution in [0.5, 0.6) is 0 Å². The smallest absolute Gasteiger partial charge is 0.344 e. The first-order chi connectivity index (χ1) is 1.91. The predicted molar refractivity (Wildman–Crippen MR) is 16.2 cm³/mol. The Morgan fingerprint density at radius 3 is 1.17 bits per heavy atom. The Bertz CT molecular complexity index is 63.8. The van der Waals surface area contributed by atoms with Crippen molar-refractivity contribution in [3.05, 3.63) is 0 Å². The van der Waals surface area contributed by atoms with Crippen LogP contribution in [0.1, 0.15) is 0 Å². The molecule has 32 valence electrons. The molecule has 0 saturated carbocycles. The zero-order valence-electron chi connectivity index (χ0n) is 2.96. The van der Waals surface area contributed by atoms with E-state index < -0.39 is 0 Å². The zero-order valence-corrected chi connectivity index (χ0v) is 4.06. The van der Waals surface area contributed by atoms with Crippen LogP contribution in [-0.2, 0) is 17.1 Å². The minimum absolute atomic E-state index is 0. The van der Waals surface area contributed by atoms with Gasteiger partial charge in [-0.25, -0.2) is 0 Å². The molecule has 0 aromatic heterocycles. The van der Waals surface area contributed by atoms with Crippen LogP contribution in [0.15, 0.2) is 0 Å². The Hall–Kier alpha value is -0.541. The minimum atomic E-state index is 0. The van der Waals surface area contributed by atoms with Gasteiger partial charge in [0, 0.05) is 0 Å². The molecule has 0 radical (unpaired) electrons. The molecule has 3 N–H and O–H groups in total. The summed E-state index contributed by atoms with van der Waals surface area (Å²) >= 11 is 0. The molecule has 0 aromatic carbocycles. The van der Waals surface area contributed by atoms with Crippen LogP contribution in [0, 0.1) is 22.7 Å². The third kappa shape index (κ3) is 99.1. The van der Waals surface area contributed by atoms with Crippen molar-refractivity contribution in [2.45, 2.75) is 0 Å². The average molecular weight is 125 g/mol. The summed E-state index contributed by atoms with van der Waals surface area (Å²) < 4.78 is 0. The maximum Gasteiger partial charge on any atom is 2.00 e. The van der Waals surface area contributed by atoms with Gasteiger partial charge < -0.3 is 6.15 Å². The molecule has 0 bridgehead atoms. The Labute approximate surface area is 46.6 Å². The number of nitrogens with zero attached hydrogens (tertiary/aromatic N) is 2. The van der Waals surface area contributed by atoms with Crippen molar-refractivity contribution in [2.24, 2.45) is 0 Å². The summed E-state index contributed by atoms with van der Waals surface area (Å²) in [6.45, 7) is 0. The summed E-state index contributed by atoms with van der Waals surface area (Å²) in [4.78, 5) is 0. The van der Waals surface area contributed by atoms with Crippen LogP contribution in [0.25, 0.3) is 0 Å². The second kappa shape index (κ2) is 25.1. The first-order valence-corrected chi connectivity index (χ1v) is 0.697. The SMILES string of the molecule is N.N#CC#N.[Fe+2]. The summed E-state index contributed by atoms with van der Waals surface area (Å²) in [5, 5.41) is 14.5. The van der Waals surface area contributed by atoms with E-state index in [0.29, 0.717) is 0 Å². The predicted octanol–water partition coefficient (Wildman–Crippen LogP) is 0.193. The second-order valence-electron chi connectivity index (χ2n) is 0.224. The van der Waals surface area contributed by atoms with Crippen LogP contribution in [0.2, 0.25) is 0 Å². The second-order valence-corrected chi connectivity index (χ2v) is 0.224. The molecule has 0 aliphatic rings. The average Bonchev–Trinajstić information content (AvgIpc) is 1.37. The summed E-state index contributed by atoms with van der Waals surface area (Å²) in [6, 6.07) is 2.47. The molecule has 0 unspecified atom stereocenters. The standard InChI is InChI=1S/C2N2.Fe.H3N/c3-1-2-4;;/h;;1H3/q;+2;. The fourth-order valence-corrected chi connectivity index (χ4v) is 0. The number of hydrogen-bond donors (Lipinski definition) is 1. The summed E-state index contributed by atoms with van der Waals surface area (Å²) in [6.07, 6.45) is 0. The maximum atomic E-state index is 7.26. The molecule has 0 fully saturated rings. The van der Waals surface area contributed by atoms with Crippen LogP contribution < -0.4 is 6.15 Å². The molecule has 0 aliphatic heterocycles. The Kier molecular flexibility index (Phi) is 75.0. The first-order valence-electron chi connectivity index (χ1n) is 0.697. The molecule has 0 atom stereocenters. The summed E-state index contributed by atoms with van der Waals surface area (Å²) in [5.74, 6) is 0. The largest absolute Gasteiger partial charge is 2.00 e. The zero-order chi connectivity index (χ0) is 3.41. The summed E-state index contributed by atoms with van der Waals surface area (Å²) in [7, 11) is 0. The van der Waals surface area contributed by atoms with E-state index in [9.17, 15) is 0 Å². The van der Waals surface area contributed by atoms with Gasteiger partial charge in [-0.05, 0) is 0 Å². The van der Waals surface area contributed by atoms with Gasteiger partial charge in [0.2, 0.25) is 0 Å². The van der Waals surface area contributed by atoms with Gasteiger partial charge in [-0.15, -0.1) is 0 Å². The van der Waals surface area contributed by atoms with Gasteiger partial charge in [-0.3, -0.25) is 0 Å². The Morgan fingerprint density at radius 2 is 1.17 bits per heavy atom. The van der Waals surface area contributed by atoms with Gasteiger partial charge in [0.1, 0.15) is 0 Å². The quantitative estimate of drug-likeness (QED) is 0.469. The third-order valence-corrected chi connectivity index (χ3v) is 0.0500. The van der Waals surface area contributed by atoms with Crippen molar-refractivity contribution >= 4 is 0 Å². The van der Waals surface area contributed by atoms with Crippen molar-refractivity contribution < 1.29 is 17.1 Å². The molecule has 0 aromatic rings. The van der Waals surface area contributed by atoms with E-state index >= 15 is 0 Å². The van der Waals surface area contributed by atoms with Crippen molar-refractivity contribution in [3.63, 3.8) is 0 Å². The van der Waals surface area contributed by atoms with E-state index in [4.69, 9.17) is 10.5 Å². The van der Waals surface area contributed by atoms with E-state index in [-0.39, 0.29) is 23.2 Å². The molecule has 0 rings (SSSR count). The van der Waals surface area contributed by atoms with E-state index in [2.05, 4.69) is 0 Å². The van der Waals surface area contributed by atoms with Gasteiger partial charge in [0.05, 0.1) is 0 Å². The van der Waals surface area contributed by atoms with Crippen LogP contribution in [0.4, 0.5) is 0 Å². The Balaban J connectivity index is -0.0000000450.